The molecule has 0 saturated heterocycles. The molecule has 0 aliphatic heterocycles. The molecule has 0 bridgehead atoms. The van der Waals surface area contributed by atoms with Crippen LogP contribution in [0.4, 0.5) is 4.39 Å². The zero-order valence-electron chi connectivity index (χ0n) is 15.9. The molecule has 0 fully saturated rings. The Morgan fingerprint density at radius 2 is 1.93 bits per heavy atom. The van der Waals surface area contributed by atoms with Gasteiger partial charge in [-0.25, -0.2) is 4.39 Å². The number of fused-ring (bicyclic) bond motifs is 1. The van der Waals surface area contributed by atoms with E-state index in [1.54, 1.807) is 18.2 Å². The van der Waals surface area contributed by atoms with Gasteiger partial charge in [0.2, 0.25) is 0 Å². The lowest BCUT2D eigenvalue weighted by molar-refractivity contribution is 0.0929. The lowest BCUT2D eigenvalue weighted by Gasteiger charge is -2.20. The van der Waals surface area contributed by atoms with Crippen LogP contribution in [-0.2, 0) is 0 Å². The largest absolute Gasteiger partial charge is 0.336 e. The zero-order valence-corrected chi connectivity index (χ0v) is 15.9. The SMILES string of the molecule is Cc1ccc(C#CC(C)(C)NC(=O)c2cnc3c(F)cccc3c2)c(C)c1. The number of pyridine rings is 1. The number of hydrogen-bond donors (Lipinski definition) is 1. The van der Waals surface area contributed by atoms with Crippen molar-refractivity contribution in [3.05, 3.63) is 76.7 Å². The second-order valence-electron chi connectivity index (χ2n) is 7.18. The first-order chi connectivity index (χ1) is 12.7. The van der Waals surface area contributed by atoms with Crippen LogP contribution in [0.3, 0.4) is 0 Å². The van der Waals surface area contributed by atoms with E-state index in [1.165, 1.54) is 17.8 Å². The Hall–Kier alpha value is -3.19. The van der Waals surface area contributed by atoms with Crippen LogP contribution in [0.15, 0.2) is 48.7 Å². The van der Waals surface area contributed by atoms with Crippen LogP contribution < -0.4 is 5.32 Å². The van der Waals surface area contributed by atoms with E-state index in [2.05, 4.69) is 28.2 Å². The molecule has 0 saturated carbocycles. The number of nitrogens with zero attached hydrogens (tertiary/aromatic N) is 1. The minimum atomic E-state index is -0.731. The number of halogens is 1. The summed E-state index contributed by atoms with van der Waals surface area (Å²) in [4.78, 5) is 16.7. The van der Waals surface area contributed by atoms with Crippen LogP contribution in [0.1, 0.15) is 40.9 Å². The van der Waals surface area contributed by atoms with Crippen molar-refractivity contribution in [1.29, 1.82) is 0 Å². The lowest BCUT2D eigenvalue weighted by atomic mass is 10.0. The first kappa shape index (κ1) is 18.6. The van der Waals surface area contributed by atoms with Gasteiger partial charge in [-0.1, -0.05) is 41.7 Å². The molecule has 0 aliphatic carbocycles. The van der Waals surface area contributed by atoms with Gasteiger partial charge in [0, 0.05) is 17.1 Å². The summed E-state index contributed by atoms with van der Waals surface area (Å²) in [5, 5.41) is 3.49. The lowest BCUT2D eigenvalue weighted by Crippen LogP contribution is -2.42. The summed E-state index contributed by atoms with van der Waals surface area (Å²) < 4.78 is 13.7. The number of amides is 1. The number of rotatable bonds is 2. The highest BCUT2D eigenvalue weighted by molar-refractivity contribution is 5.97. The quantitative estimate of drug-likeness (QED) is 0.681. The number of para-hydroxylation sites is 1. The Balaban J connectivity index is 1.81. The monoisotopic (exact) mass is 360 g/mol. The van der Waals surface area contributed by atoms with Gasteiger partial charge >= 0.3 is 0 Å². The minimum absolute atomic E-state index is 0.253. The molecule has 1 N–H and O–H groups in total. The average Bonchev–Trinajstić information content (AvgIpc) is 2.60. The smallest absolute Gasteiger partial charge is 0.254 e. The molecular weight excluding hydrogens is 339 g/mol. The number of carbonyl (C=O) groups is 1. The van der Waals surface area contributed by atoms with Crippen molar-refractivity contribution < 1.29 is 9.18 Å². The Kier molecular flexibility index (Phi) is 4.96. The molecule has 1 amide bonds. The maximum Gasteiger partial charge on any atom is 0.254 e. The number of aryl methyl sites for hydroxylation is 2. The highest BCUT2D eigenvalue weighted by Gasteiger charge is 2.19. The molecule has 3 rings (SSSR count). The van der Waals surface area contributed by atoms with E-state index in [1.807, 2.05) is 39.8 Å². The standard InChI is InChI=1S/C23H21FN2O/c1-15-8-9-17(16(2)12-15)10-11-23(3,4)26-22(27)19-13-18-6-5-7-20(24)21(18)25-14-19/h5-9,12-14H,1-4H3,(H,26,27). The third-order valence-electron chi connectivity index (χ3n) is 4.24. The zero-order chi connectivity index (χ0) is 19.6. The van der Waals surface area contributed by atoms with Gasteiger partial charge < -0.3 is 5.32 Å². The van der Waals surface area contributed by atoms with Crippen molar-refractivity contribution in [3.63, 3.8) is 0 Å². The molecule has 3 nitrogen and oxygen atoms in total. The second-order valence-corrected chi connectivity index (χ2v) is 7.18. The van der Waals surface area contributed by atoms with Crippen molar-refractivity contribution in [2.45, 2.75) is 33.2 Å². The van der Waals surface area contributed by atoms with E-state index in [0.717, 1.165) is 11.1 Å². The van der Waals surface area contributed by atoms with Gasteiger partial charge in [-0.2, -0.15) is 0 Å². The van der Waals surface area contributed by atoms with E-state index in [0.29, 0.717) is 10.9 Å². The molecule has 0 aliphatic rings. The maximum atomic E-state index is 13.7. The van der Waals surface area contributed by atoms with Crippen molar-refractivity contribution in [2.24, 2.45) is 0 Å². The molecule has 2 aromatic carbocycles. The van der Waals surface area contributed by atoms with Crippen molar-refractivity contribution in [2.75, 3.05) is 0 Å². The van der Waals surface area contributed by atoms with Gasteiger partial charge in [0.25, 0.3) is 5.91 Å². The molecule has 0 unspecified atom stereocenters. The van der Waals surface area contributed by atoms with Gasteiger partial charge in [-0.05, 0) is 51.5 Å². The van der Waals surface area contributed by atoms with Crippen LogP contribution in [-0.4, -0.2) is 16.4 Å². The Morgan fingerprint density at radius 1 is 1.15 bits per heavy atom. The van der Waals surface area contributed by atoms with Crippen molar-refractivity contribution in [3.8, 4) is 11.8 Å². The molecule has 0 radical (unpaired) electrons. The Bertz CT molecular complexity index is 1090. The first-order valence-electron chi connectivity index (χ1n) is 8.72. The van der Waals surface area contributed by atoms with Crippen LogP contribution in [0.5, 0.6) is 0 Å². The van der Waals surface area contributed by atoms with Gasteiger partial charge in [-0.15, -0.1) is 0 Å². The van der Waals surface area contributed by atoms with E-state index in [4.69, 9.17) is 0 Å². The van der Waals surface area contributed by atoms with Gasteiger partial charge in [0.1, 0.15) is 11.3 Å². The molecule has 1 heterocycles. The van der Waals surface area contributed by atoms with Gasteiger partial charge in [0.05, 0.1) is 11.1 Å². The van der Waals surface area contributed by atoms with Crippen LogP contribution >= 0.6 is 0 Å². The predicted octanol–water partition coefficient (Wildman–Crippen LogP) is 4.55. The summed E-state index contributed by atoms with van der Waals surface area (Å²) in [6, 6.07) is 12.4. The highest BCUT2D eigenvalue weighted by Crippen LogP contribution is 2.17. The molecule has 136 valence electrons. The normalized spacial score (nSPS) is 11.0. The third-order valence-corrected chi connectivity index (χ3v) is 4.24. The van der Waals surface area contributed by atoms with E-state index in [9.17, 15) is 9.18 Å². The summed E-state index contributed by atoms with van der Waals surface area (Å²) in [6.07, 6.45) is 1.38. The molecule has 1 aromatic heterocycles. The molecule has 4 heteroatoms. The molecule has 3 aromatic rings. The fourth-order valence-corrected chi connectivity index (χ4v) is 2.81. The molecule has 0 spiro atoms. The van der Waals surface area contributed by atoms with E-state index >= 15 is 0 Å². The van der Waals surface area contributed by atoms with Gasteiger partial charge in [-0.3, -0.25) is 9.78 Å². The summed E-state index contributed by atoms with van der Waals surface area (Å²) in [5.74, 6) is 5.56. The Labute approximate surface area is 158 Å². The topological polar surface area (TPSA) is 42.0 Å². The minimum Gasteiger partial charge on any atom is -0.336 e. The van der Waals surface area contributed by atoms with E-state index < -0.39 is 11.4 Å². The van der Waals surface area contributed by atoms with E-state index in [-0.39, 0.29) is 11.4 Å². The predicted molar refractivity (Wildman–Crippen MR) is 106 cm³/mol. The first-order valence-corrected chi connectivity index (χ1v) is 8.72. The number of nitrogens with one attached hydrogen (secondary N) is 1. The van der Waals surface area contributed by atoms with Crippen molar-refractivity contribution in [1.82, 2.24) is 10.3 Å². The fourth-order valence-electron chi connectivity index (χ4n) is 2.81. The fraction of sp³-hybridized carbons (Fsp3) is 0.217. The Morgan fingerprint density at radius 3 is 2.67 bits per heavy atom. The number of carbonyl (C=O) groups excluding carboxylic acids is 1. The summed E-state index contributed by atoms with van der Waals surface area (Å²) in [7, 11) is 0. The van der Waals surface area contributed by atoms with Gasteiger partial charge in [0.15, 0.2) is 0 Å². The van der Waals surface area contributed by atoms with Crippen molar-refractivity contribution >= 4 is 16.8 Å². The number of benzene rings is 2. The van der Waals surface area contributed by atoms with Crippen LogP contribution in [0, 0.1) is 31.5 Å². The van der Waals surface area contributed by atoms with Crippen LogP contribution in [0.25, 0.3) is 10.9 Å². The highest BCUT2D eigenvalue weighted by atomic mass is 19.1. The summed E-state index contributed by atoms with van der Waals surface area (Å²) in [6.45, 7) is 7.74. The molecule has 27 heavy (non-hydrogen) atoms. The third kappa shape index (κ3) is 4.32. The maximum absolute atomic E-state index is 13.7. The molecule has 0 atom stereocenters. The summed E-state index contributed by atoms with van der Waals surface area (Å²) >= 11 is 0. The average molecular weight is 360 g/mol. The number of aromatic nitrogens is 1. The number of hydrogen-bond acceptors (Lipinski definition) is 2. The molecular formula is C23H21FN2O. The van der Waals surface area contributed by atoms with Crippen LogP contribution in [0.2, 0.25) is 0 Å². The summed E-state index contributed by atoms with van der Waals surface area (Å²) in [5.41, 5.74) is 3.12. The second kappa shape index (κ2) is 7.20.